The van der Waals surface area contributed by atoms with Crippen LogP contribution in [0.25, 0.3) is 22.4 Å². The quantitative estimate of drug-likeness (QED) is 0.706. The first-order chi connectivity index (χ1) is 11.1. The Hall–Kier alpha value is -2.21. The van der Waals surface area contributed by atoms with Crippen LogP contribution >= 0.6 is 11.3 Å². The maximum atomic E-state index is 12.6. The molecule has 0 bridgehead atoms. The van der Waals surface area contributed by atoms with Gasteiger partial charge in [0.05, 0.1) is 10.4 Å². The van der Waals surface area contributed by atoms with Crippen LogP contribution in [0.4, 0.5) is 0 Å². The maximum Gasteiger partial charge on any atom is 0.253 e. The van der Waals surface area contributed by atoms with Gasteiger partial charge in [0.2, 0.25) is 0 Å². The van der Waals surface area contributed by atoms with Crippen molar-refractivity contribution in [3.63, 3.8) is 0 Å². The normalized spacial score (nSPS) is 11.1. The van der Waals surface area contributed by atoms with Crippen molar-refractivity contribution in [2.24, 2.45) is 0 Å². The third-order valence-corrected chi connectivity index (χ3v) is 4.51. The molecule has 1 amide bonds. The molecule has 23 heavy (non-hydrogen) atoms. The van der Waals surface area contributed by atoms with Crippen molar-refractivity contribution < 1.29 is 9.32 Å². The molecule has 5 nitrogen and oxygen atoms in total. The molecule has 0 saturated carbocycles. The molecule has 0 fully saturated rings. The Bertz CT molecular complexity index is 837. The molecule has 6 heteroatoms. The van der Waals surface area contributed by atoms with Gasteiger partial charge in [0.15, 0.2) is 5.58 Å². The fourth-order valence-electron chi connectivity index (χ4n) is 2.58. The van der Waals surface area contributed by atoms with Crippen molar-refractivity contribution in [2.45, 2.75) is 27.2 Å². The lowest BCUT2D eigenvalue weighted by atomic mass is 10.1. The summed E-state index contributed by atoms with van der Waals surface area (Å²) in [4.78, 5) is 19.0. The Morgan fingerprint density at radius 1 is 1.35 bits per heavy atom. The zero-order chi connectivity index (χ0) is 16.4. The van der Waals surface area contributed by atoms with Crippen LogP contribution < -0.4 is 0 Å². The number of hydrogen-bond donors (Lipinski definition) is 0. The average Bonchev–Trinajstić information content (AvgIpc) is 3.17. The lowest BCUT2D eigenvalue weighted by Crippen LogP contribution is -2.31. The summed E-state index contributed by atoms with van der Waals surface area (Å²) >= 11 is 1.57. The molecule has 0 atom stereocenters. The van der Waals surface area contributed by atoms with Gasteiger partial charge < -0.3 is 9.42 Å². The number of nitrogens with zero attached hydrogens (tertiary/aromatic N) is 3. The molecule has 120 valence electrons. The molecule has 0 aliphatic rings. The van der Waals surface area contributed by atoms with Gasteiger partial charge in [-0.2, -0.15) is 0 Å². The van der Waals surface area contributed by atoms with Crippen molar-refractivity contribution in [1.29, 1.82) is 0 Å². The van der Waals surface area contributed by atoms with Crippen molar-refractivity contribution in [1.82, 2.24) is 15.0 Å². The summed E-state index contributed by atoms with van der Waals surface area (Å²) in [7, 11) is 0. The van der Waals surface area contributed by atoms with Gasteiger partial charge in [-0.25, -0.2) is 4.98 Å². The summed E-state index contributed by atoms with van der Waals surface area (Å²) in [6.07, 6.45) is 0.943. The molecule has 3 rings (SSSR count). The Kier molecular flexibility index (Phi) is 4.43. The van der Waals surface area contributed by atoms with Crippen molar-refractivity contribution in [3.05, 3.63) is 34.2 Å². The third kappa shape index (κ3) is 2.99. The first kappa shape index (κ1) is 15.7. The highest BCUT2D eigenvalue weighted by Crippen LogP contribution is 2.29. The van der Waals surface area contributed by atoms with E-state index in [0.29, 0.717) is 23.4 Å². The standard InChI is InChI=1S/C17H19N3O2S/c1-4-8-20(5-2)17(21)12-6-7-15-13(9-12)16(19-22-15)14-10-23-11(3)18-14/h6-7,9-10H,4-5,8H2,1-3H3. The second-order valence-electron chi connectivity index (χ2n) is 5.38. The summed E-state index contributed by atoms with van der Waals surface area (Å²) in [5.74, 6) is 0.0397. The first-order valence-corrected chi connectivity index (χ1v) is 8.63. The van der Waals surface area contributed by atoms with Gasteiger partial charge in [0.25, 0.3) is 5.91 Å². The van der Waals surface area contributed by atoms with Gasteiger partial charge in [-0.15, -0.1) is 11.3 Å². The second-order valence-corrected chi connectivity index (χ2v) is 6.44. The second kappa shape index (κ2) is 6.50. The number of benzene rings is 1. The van der Waals surface area contributed by atoms with E-state index in [1.165, 1.54) is 0 Å². The number of aromatic nitrogens is 2. The fraction of sp³-hybridized carbons (Fsp3) is 0.353. The van der Waals surface area contributed by atoms with Crippen LogP contribution in [-0.4, -0.2) is 34.0 Å². The lowest BCUT2D eigenvalue weighted by molar-refractivity contribution is 0.0764. The van der Waals surface area contributed by atoms with Crippen molar-refractivity contribution in [3.8, 4) is 11.4 Å². The van der Waals surface area contributed by atoms with E-state index in [4.69, 9.17) is 4.52 Å². The van der Waals surface area contributed by atoms with Crippen LogP contribution in [0.3, 0.4) is 0 Å². The van der Waals surface area contributed by atoms with Crippen LogP contribution in [0.15, 0.2) is 28.1 Å². The SMILES string of the molecule is CCCN(CC)C(=O)c1ccc2onc(-c3csc(C)n3)c2c1. The number of carbonyl (C=O) groups excluding carboxylic acids is 1. The minimum Gasteiger partial charge on any atom is -0.356 e. The minimum absolute atomic E-state index is 0.0397. The van der Waals surface area contributed by atoms with E-state index in [0.717, 1.165) is 29.1 Å². The van der Waals surface area contributed by atoms with Gasteiger partial charge in [0.1, 0.15) is 11.4 Å². The molecule has 0 N–H and O–H groups in total. The van der Waals surface area contributed by atoms with Gasteiger partial charge in [-0.1, -0.05) is 12.1 Å². The lowest BCUT2D eigenvalue weighted by Gasteiger charge is -2.20. The van der Waals surface area contributed by atoms with E-state index >= 15 is 0 Å². The molecule has 0 saturated heterocycles. The molecule has 1 aromatic carbocycles. The number of aryl methyl sites for hydroxylation is 1. The Morgan fingerprint density at radius 2 is 2.17 bits per heavy atom. The molecule has 2 heterocycles. The molecule has 2 aromatic heterocycles. The van der Waals surface area contributed by atoms with E-state index in [9.17, 15) is 4.79 Å². The Balaban J connectivity index is 2.02. The number of carbonyl (C=O) groups is 1. The zero-order valence-electron chi connectivity index (χ0n) is 13.5. The van der Waals surface area contributed by atoms with Crippen LogP contribution in [0.5, 0.6) is 0 Å². The molecular formula is C17H19N3O2S. The highest BCUT2D eigenvalue weighted by Gasteiger charge is 2.18. The van der Waals surface area contributed by atoms with Gasteiger partial charge in [0, 0.05) is 24.0 Å². The highest BCUT2D eigenvalue weighted by molar-refractivity contribution is 7.09. The van der Waals surface area contributed by atoms with Crippen LogP contribution in [0.1, 0.15) is 35.6 Å². The van der Waals surface area contributed by atoms with E-state index < -0.39 is 0 Å². The molecule has 0 spiro atoms. The summed E-state index contributed by atoms with van der Waals surface area (Å²) in [6.45, 7) is 7.48. The van der Waals surface area contributed by atoms with Crippen molar-refractivity contribution >= 4 is 28.2 Å². The Labute approximate surface area is 138 Å². The van der Waals surface area contributed by atoms with Crippen LogP contribution in [0.2, 0.25) is 0 Å². The zero-order valence-corrected chi connectivity index (χ0v) is 14.3. The Morgan fingerprint density at radius 3 is 2.83 bits per heavy atom. The predicted molar refractivity (Wildman–Crippen MR) is 91.7 cm³/mol. The smallest absolute Gasteiger partial charge is 0.253 e. The van der Waals surface area contributed by atoms with Crippen LogP contribution in [0, 0.1) is 6.92 Å². The summed E-state index contributed by atoms with van der Waals surface area (Å²) in [6, 6.07) is 5.46. The first-order valence-electron chi connectivity index (χ1n) is 7.75. The monoisotopic (exact) mass is 329 g/mol. The molecular weight excluding hydrogens is 310 g/mol. The number of fused-ring (bicyclic) bond motifs is 1. The number of amides is 1. The fourth-order valence-corrected chi connectivity index (χ4v) is 3.18. The minimum atomic E-state index is 0.0397. The topological polar surface area (TPSA) is 59.2 Å². The largest absolute Gasteiger partial charge is 0.356 e. The molecule has 0 unspecified atom stereocenters. The van der Waals surface area contributed by atoms with Crippen LogP contribution in [-0.2, 0) is 0 Å². The van der Waals surface area contributed by atoms with E-state index in [2.05, 4.69) is 17.1 Å². The molecule has 0 aliphatic heterocycles. The molecule has 0 radical (unpaired) electrons. The number of hydrogen-bond acceptors (Lipinski definition) is 5. The maximum absolute atomic E-state index is 12.6. The summed E-state index contributed by atoms with van der Waals surface area (Å²) in [5, 5.41) is 7.88. The van der Waals surface area contributed by atoms with Gasteiger partial charge >= 0.3 is 0 Å². The van der Waals surface area contributed by atoms with Crippen molar-refractivity contribution in [2.75, 3.05) is 13.1 Å². The molecule has 3 aromatic rings. The van der Waals surface area contributed by atoms with E-state index in [-0.39, 0.29) is 5.91 Å². The highest BCUT2D eigenvalue weighted by atomic mass is 32.1. The van der Waals surface area contributed by atoms with Gasteiger partial charge in [-0.3, -0.25) is 4.79 Å². The summed E-state index contributed by atoms with van der Waals surface area (Å²) in [5.41, 5.74) is 2.80. The number of rotatable bonds is 5. The molecule has 0 aliphatic carbocycles. The number of thiazole rings is 1. The summed E-state index contributed by atoms with van der Waals surface area (Å²) < 4.78 is 5.37. The average molecular weight is 329 g/mol. The van der Waals surface area contributed by atoms with E-state index in [1.54, 1.807) is 23.5 Å². The van der Waals surface area contributed by atoms with E-state index in [1.807, 2.05) is 30.2 Å². The van der Waals surface area contributed by atoms with Gasteiger partial charge in [-0.05, 0) is 38.5 Å². The predicted octanol–water partition coefficient (Wildman–Crippen LogP) is 4.13. The third-order valence-electron chi connectivity index (χ3n) is 3.74.